The summed E-state index contributed by atoms with van der Waals surface area (Å²) in [4.78, 5) is 11.0. The van der Waals surface area contributed by atoms with E-state index >= 15 is 0 Å². The van der Waals surface area contributed by atoms with Crippen LogP contribution in [0.2, 0.25) is 0 Å². The van der Waals surface area contributed by atoms with Gasteiger partial charge in [-0.2, -0.15) is 0 Å². The molecule has 0 atom stereocenters. The van der Waals surface area contributed by atoms with Gasteiger partial charge < -0.3 is 20.2 Å². The molecule has 0 aliphatic heterocycles. The topological polar surface area (TPSA) is 41.1 Å². The van der Waals surface area contributed by atoms with E-state index in [1.807, 2.05) is 45.7 Å². The summed E-state index contributed by atoms with van der Waals surface area (Å²) in [6.45, 7) is 9.16. The van der Waals surface area contributed by atoms with Gasteiger partial charge in [-0.1, -0.05) is 39.8 Å². The summed E-state index contributed by atoms with van der Waals surface area (Å²) in [6.07, 6.45) is 3.71. The van der Waals surface area contributed by atoms with Crippen molar-refractivity contribution < 1.29 is 21.1 Å². The number of hydrogen-bond acceptors (Lipinski definition) is 4. The third-order valence-corrected chi connectivity index (χ3v) is 5.58. The number of nitrogens with one attached hydrogen (secondary N) is 1. The van der Waals surface area contributed by atoms with Crippen LogP contribution in [0.1, 0.15) is 27.8 Å². The second-order valence-electron chi connectivity index (χ2n) is 8.77. The maximum absolute atomic E-state index is 4.44. The molecule has 1 N–H and O–H groups in total. The molecule has 4 nitrogen and oxygen atoms in total. The van der Waals surface area contributed by atoms with Crippen molar-refractivity contribution >= 4 is 5.69 Å². The minimum absolute atomic E-state index is 0. The number of nitrogens with zero attached hydrogens (tertiary/aromatic N) is 3. The van der Waals surface area contributed by atoms with Gasteiger partial charge in [-0.25, -0.2) is 0 Å². The zero-order chi connectivity index (χ0) is 24.7. The molecular formula is C30H34N4Pt. The molecule has 4 rings (SSSR count). The Labute approximate surface area is 225 Å². The van der Waals surface area contributed by atoms with Gasteiger partial charge in [-0.3, -0.25) is 0 Å². The molecule has 0 aliphatic rings. The van der Waals surface area contributed by atoms with Gasteiger partial charge in [0.15, 0.2) is 0 Å². The molecule has 0 bridgehead atoms. The SMILES string of the molecule is CNCc1ccnc(-c2[c-]c(C)ccc2C)c1.Cc1[c-]c(-c2cc(N(C)C)ccn2)c(C)cc1.[Pt+2]. The van der Waals surface area contributed by atoms with Gasteiger partial charge >= 0.3 is 21.1 Å². The zero-order valence-electron chi connectivity index (χ0n) is 21.6. The Hall–Kier alpha value is -2.81. The Morgan fingerprint density at radius 2 is 1.26 bits per heavy atom. The third-order valence-electron chi connectivity index (χ3n) is 5.58. The van der Waals surface area contributed by atoms with Crippen molar-refractivity contribution in [1.82, 2.24) is 15.3 Å². The first-order chi connectivity index (χ1) is 16.3. The molecule has 0 aliphatic carbocycles. The molecule has 5 heteroatoms. The maximum Gasteiger partial charge on any atom is 2.00 e. The molecule has 0 radical (unpaired) electrons. The first kappa shape index (κ1) is 28.4. The van der Waals surface area contributed by atoms with E-state index in [-0.39, 0.29) is 21.1 Å². The Balaban J connectivity index is 0.000000240. The van der Waals surface area contributed by atoms with E-state index in [9.17, 15) is 0 Å². The number of benzene rings is 2. The largest absolute Gasteiger partial charge is 2.00 e. The van der Waals surface area contributed by atoms with Crippen molar-refractivity contribution in [2.45, 2.75) is 34.2 Å². The van der Waals surface area contributed by atoms with Crippen LogP contribution < -0.4 is 10.2 Å². The Morgan fingerprint density at radius 1 is 0.743 bits per heavy atom. The summed E-state index contributed by atoms with van der Waals surface area (Å²) < 4.78 is 0. The van der Waals surface area contributed by atoms with E-state index in [0.29, 0.717) is 0 Å². The minimum Gasteiger partial charge on any atom is -0.378 e. The summed E-state index contributed by atoms with van der Waals surface area (Å²) in [5, 5.41) is 3.15. The Kier molecular flexibility index (Phi) is 10.8. The van der Waals surface area contributed by atoms with Crippen LogP contribution in [0.4, 0.5) is 5.69 Å². The number of hydrogen-bond donors (Lipinski definition) is 1. The van der Waals surface area contributed by atoms with Crippen molar-refractivity contribution in [2.75, 3.05) is 26.0 Å². The predicted octanol–water partition coefficient (Wildman–Crippen LogP) is 6.11. The summed E-state index contributed by atoms with van der Waals surface area (Å²) >= 11 is 0. The van der Waals surface area contributed by atoms with Crippen LogP contribution in [0.25, 0.3) is 22.5 Å². The van der Waals surface area contributed by atoms with E-state index in [1.165, 1.54) is 16.7 Å². The minimum atomic E-state index is 0. The van der Waals surface area contributed by atoms with Crippen LogP contribution in [0.15, 0.2) is 60.9 Å². The van der Waals surface area contributed by atoms with Gasteiger partial charge in [0.25, 0.3) is 0 Å². The summed E-state index contributed by atoms with van der Waals surface area (Å²) in [5.74, 6) is 0. The van der Waals surface area contributed by atoms with Crippen LogP contribution >= 0.6 is 0 Å². The Morgan fingerprint density at radius 3 is 1.77 bits per heavy atom. The van der Waals surface area contributed by atoms with Crippen LogP contribution in [0.3, 0.4) is 0 Å². The fourth-order valence-electron chi connectivity index (χ4n) is 3.63. The van der Waals surface area contributed by atoms with Crippen molar-refractivity contribution in [1.29, 1.82) is 0 Å². The maximum atomic E-state index is 4.44. The number of rotatable bonds is 5. The third kappa shape index (κ3) is 7.85. The van der Waals surface area contributed by atoms with Gasteiger partial charge in [-0.05, 0) is 36.1 Å². The fraction of sp³-hybridized carbons (Fsp3) is 0.267. The zero-order valence-corrected chi connectivity index (χ0v) is 23.9. The molecule has 0 fully saturated rings. The second-order valence-corrected chi connectivity index (χ2v) is 8.77. The first-order valence-corrected chi connectivity index (χ1v) is 11.5. The smallest absolute Gasteiger partial charge is 0.378 e. The van der Waals surface area contributed by atoms with Gasteiger partial charge in [0.05, 0.1) is 0 Å². The van der Waals surface area contributed by atoms with Gasteiger partial charge in [-0.15, -0.1) is 69.8 Å². The summed E-state index contributed by atoms with van der Waals surface area (Å²) in [7, 11) is 6.02. The quantitative estimate of drug-likeness (QED) is 0.266. The standard InChI is InChI=1S/2C15H17N2.Pt/c1-11-5-6-12(2)14(9-11)15-10-13(17(3)4)7-8-16-15;1-11-4-5-12(2)14(8-11)15-9-13(10-16-3)6-7-17-15;/h5-8,10H,1-4H3;4-7,9,16H,10H2,1-3H3;/q2*-1;+2. The van der Waals surface area contributed by atoms with Crippen molar-refractivity contribution in [2.24, 2.45) is 0 Å². The average molecular weight is 646 g/mol. The van der Waals surface area contributed by atoms with Crippen LogP contribution in [-0.4, -0.2) is 31.1 Å². The van der Waals surface area contributed by atoms with Crippen molar-refractivity contribution in [3.8, 4) is 22.5 Å². The van der Waals surface area contributed by atoms with Crippen molar-refractivity contribution in [3.05, 3.63) is 101 Å². The van der Waals surface area contributed by atoms with Crippen LogP contribution in [0, 0.1) is 39.8 Å². The molecule has 0 saturated carbocycles. The molecule has 0 unspecified atom stereocenters. The number of pyridine rings is 2. The molecule has 2 aromatic carbocycles. The van der Waals surface area contributed by atoms with E-state index in [2.05, 4.69) is 96.4 Å². The van der Waals surface area contributed by atoms with Crippen LogP contribution in [0.5, 0.6) is 0 Å². The predicted molar refractivity (Wildman–Crippen MR) is 143 cm³/mol. The van der Waals surface area contributed by atoms with Gasteiger partial charge in [0.2, 0.25) is 0 Å². The summed E-state index contributed by atoms with van der Waals surface area (Å²) in [6, 6.07) is 23.4. The molecular weight excluding hydrogens is 611 g/mol. The van der Waals surface area contributed by atoms with E-state index in [4.69, 9.17) is 0 Å². The van der Waals surface area contributed by atoms with Gasteiger partial charge in [0.1, 0.15) is 0 Å². The molecule has 0 amide bonds. The van der Waals surface area contributed by atoms with Crippen molar-refractivity contribution in [3.63, 3.8) is 0 Å². The van der Waals surface area contributed by atoms with Crippen LogP contribution in [-0.2, 0) is 27.6 Å². The average Bonchev–Trinajstić information content (AvgIpc) is 2.83. The molecule has 2 heterocycles. The molecule has 0 spiro atoms. The fourth-order valence-corrected chi connectivity index (χ4v) is 3.63. The molecule has 35 heavy (non-hydrogen) atoms. The normalized spacial score (nSPS) is 10.1. The second kappa shape index (κ2) is 13.3. The molecule has 0 saturated heterocycles. The number of anilines is 1. The van der Waals surface area contributed by atoms with E-state index in [0.717, 1.165) is 45.9 Å². The van der Waals surface area contributed by atoms with E-state index in [1.54, 1.807) is 0 Å². The van der Waals surface area contributed by atoms with E-state index < -0.39 is 0 Å². The molecule has 4 aromatic rings. The molecule has 184 valence electrons. The first-order valence-electron chi connectivity index (χ1n) is 11.5. The monoisotopic (exact) mass is 645 g/mol. The Bertz CT molecular complexity index is 1250. The number of aromatic nitrogens is 2. The van der Waals surface area contributed by atoms with Gasteiger partial charge in [0, 0.05) is 38.7 Å². The number of aryl methyl sites for hydroxylation is 4. The summed E-state index contributed by atoms with van der Waals surface area (Å²) in [5.41, 5.74) is 11.3. The molecule has 2 aromatic heterocycles.